The van der Waals surface area contributed by atoms with Gasteiger partial charge in [-0.15, -0.1) is 5.10 Å². The van der Waals surface area contributed by atoms with Gasteiger partial charge in [0, 0.05) is 38.8 Å². The Hall–Kier alpha value is -5.22. The first-order valence-corrected chi connectivity index (χ1v) is 17.0. The Morgan fingerprint density at radius 1 is 1.06 bits per heavy atom. The molecule has 274 valence electrons. The number of anilines is 2. The van der Waals surface area contributed by atoms with Gasteiger partial charge in [-0.05, 0) is 48.7 Å². The van der Waals surface area contributed by atoms with Gasteiger partial charge in [0.1, 0.15) is 12.2 Å². The molecular weight excluding hydrogens is 705 g/mol. The Kier molecular flexibility index (Phi) is 10.7. The van der Waals surface area contributed by atoms with E-state index in [-0.39, 0.29) is 73.3 Å². The predicted molar refractivity (Wildman–Crippen MR) is 187 cm³/mol. The maximum absolute atomic E-state index is 14.2. The average Bonchev–Trinajstić information content (AvgIpc) is 3.60. The van der Waals surface area contributed by atoms with Crippen molar-refractivity contribution in [3.05, 3.63) is 92.6 Å². The number of halogens is 4. The molecule has 3 amide bonds. The molecule has 2 aromatic carbocycles. The molecule has 0 bridgehead atoms. The lowest BCUT2D eigenvalue weighted by Gasteiger charge is -2.37. The van der Waals surface area contributed by atoms with Crippen molar-refractivity contribution in [2.75, 3.05) is 63.2 Å². The molecule has 1 fully saturated rings. The van der Waals surface area contributed by atoms with Gasteiger partial charge in [-0.1, -0.05) is 42.8 Å². The van der Waals surface area contributed by atoms with Crippen molar-refractivity contribution in [1.29, 1.82) is 0 Å². The molecule has 1 N–H and O–H groups in total. The highest BCUT2D eigenvalue weighted by Crippen LogP contribution is 2.34. The summed E-state index contributed by atoms with van der Waals surface area (Å²) in [6.45, 7) is 3.27. The third-order valence-corrected chi connectivity index (χ3v) is 9.28. The summed E-state index contributed by atoms with van der Waals surface area (Å²) in [5.74, 6) is -0.709. The Morgan fingerprint density at radius 2 is 1.79 bits per heavy atom. The second-order valence-corrected chi connectivity index (χ2v) is 12.8. The van der Waals surface area contributed by atoms with E-state index in [2.05, 4.69) is 15.4 Å². The van der Waals surface area contributed by atoms with Crippen LogP contribution in [-0.4, -0.2) is 99.7 Å². The smallest absolute Gasteiger partial charge is 0.377 e. The summed E-state index contributed by atoms with van der Waals surface area (Å²) in [5.41, 5.74) is 0.611. The van der Waals surface area contributed by atoms with E-state index >= 15 is 0 Å². The summed E-state index contributed by atoms with van der Waals surface area (Å²) in [7, 11) is 1.57. The van der Waals surface area contributed by atoms with Crippen LogP contribution in [0.15, 0.2) is 59.4 Å². The van der Waals surface area contributed by atoms with Crippen LogP contribution in [0.1, 0.15) is 40.8 Å². The fourth-order valence-corrected chi connectivity index (χ4v) is 6.50. The van der Waals surface area contributed by atoms with E-state index < -0.39 is 23.2 Å². The Morgan fingerprint density at radius 3 is 2.42 bits per heavy atom. The fraction of sp³-hybridized carbons (Fsp3) is 0.371. The summed E-state index contributed by atoms with van der Waals surface area (Å²) < 4.78 is 47.7. The van der Waals surface area contributed by atoms with Crippen LogP contribution in [0.3, 0.4) is 0 Å². The van der Waals surface area contributed by atoms with Crippen molar-refractivity contribution in [3.8, 4) is 0 Å². The van der Waals surface area contributed by atoms with Gasteiger partial charge in [-0.25, -0.2) is 0 Å². The van der Waals surface area contributed by atoms with Crippen molar-refractivity contribution < 1.29 is 32.3 Å². The Labute approximate surface area is 301 Å². The van der Waals surface area contributed by atoms with Crippen molar-refractivity contribution >= 4 is 52.0 Å². The second-order valence-electron chi connectivity index (χ2n) is 12.4. The molecule has 4 heterocycles. The van der Waals surface area contributed by atoms with E-state index in [1.165, 1.54) is 4.90 Å². The zero-order valence-electron chi connectivity index (χ0n) is 28.5. The molecule has 13 nitrogen and oxygen atoms in total. The summed E-state index contributed by atoms with van der Waals surface area (Å²) >= 11 is 6.12. The van der Waals surface area contributed by atoms with E-state index in [1.807, 2.05) is 17.9 Å². The molecule has 2 aromatic heterocycles. The Balaban J connectivity index is 1.27. The molecule has 17 heteroatoms. The summed E-state index contributed by atoms with van der Waals surface area (Å²) in [5, 5.41) is 6.84. The van der Waals surface area contributed by atoms with Gasteiger partial charge in [-0.3, -0.25) is 19.2 Å². The highest BCUT2D eigenvalue weighted by Gasteiger charge is 2.32. The van der Waals surface area contributed by atoms with Gasteiger partial charge in [0.25, 0.3) is 11.5 Å². The van der Waals surface area contributed by atoms with Gasteiger partial charge >= 0.3 is 6.18 Å². The zero-order chi connectivity index (χ0) is 37.2. The molecule has 0 saturated carbocycles. The van der Waals surface area contributed by atoms with E-state index in [0.29, 0.717) is 43.1 Å². The van der Waals surface area contributed by atoms with Crippen molar-refractivity contribution in [2.45, 2.75) is 32.5 Å². The lowest BCUT2D eigenvalue weighted by Crippen LogP contribution is -2.53. The van der Waals surface area contributed by atoms with Gasteiger partial charge in [0.05, 0.1) is 41.7 Å². The first-order chi connectivity index (χ1) is 24.8. The number of hydrogen-bond acceptors (Lipinski definition) is 8. The van der Waals surface area contributed by atoms with Crippen LogP contribution >= 0.6 is 11.6 Å². The van der Waals surface area contributed by atoms with E-state index in [4.69, 9.17) is 16.3 Å². The minimum absolute atomic E-state index is 0.0126. The maximum Gasteiger partial charge on any atom is 0.416 e. The van der Waals surface area contributed by atoms with Gasteiger partial charge in [0.15, 0.2) is 5.82 Å². The number of piperazine rings is 1. The third-order valence-electron chi connectivity index (χ3n) is 8.97. The SMILES string of the molecule is CCc1c(N2CCN(C(=O)CN(C)C(=O)c3ccccc3)CC2)c(=O)n2nc(C3=CCOCC3)nc2n1CC(=O)Nc1ccc(C(F)(F)F)cc1Cl. The topological polar surface area (TPSA) is 134 Å². The molecule has 1 saturated heterocycles. The molecule has 0 aliphatic carbocycles. The van der Waals surface area contributed by atoms with Crippen LogP contribution in [0.2, 0.25) is 5.02 Å². The molecule has 2 aliphatic heterocycles. The van der Waals surface area contributed by atoms with Crippen LogP contribution in [0.5, 0.6) is 0 Å². The number of benzene rings is 2. The van der Waals surface area contributed by atoms with Crippen LogP contribution in [0, 0.1) is 0 Å². The van der Waals surface area contributed by atoms with Crippen molar-refractivity contribution in [1.82, 2.24) is 29.0 Å². The van der Waals surface area contributed by atoms with Gasteiger partial charge < -0.3 is 29.3 Å². The molecular formula is C35H36ClF3N8O5. The second kappa shape index (κ2) is 15.2. The van der Waals surface area contributed by atoms with Crippen LogP contribution in [0.4, 0.5) is 24.5 Å². The molecule has 0 unspecified atom stereocenters. The number of carbonyl (C=O) groups excluding carboxylic acids is 3. The number of rotatable bonds is 9. The first-order valence-electron chi connectivity index (χ1n) is 16.6. The largest absolute Gasteiger partial charge is 0.416 e. The maximum atomic E-state index is 14.2. The van der Waals surface area contributed by atoms with E-state index in [9.17, 15) is 32.3 Å². The minimum Gasteiger partial charge on any atom is -0.377 e. The standard InChI is InChI=1S/C35H36ClF3N8O5/c1-3-27-30(45-15-13-44(14-16-45)29(49)21-43(2)32(50)23-7-5-4-6-8-23)33(51)47-34(41-31(42-47)22-11-17-52-18-12-22)46(27)20-28(48)40-26-10-9-24(19-25(26)36)35(37,38)39/h4-11,19H,3,12-18,20-21H2,1-2H3,(H,40,48). The highest BCUT2D eigenvalue weighted by atomic mass is 35.5. The number of likely N-dealkylation sites (N-methyl/N-ethyl adjacent to an activating group) is 1. The van der Waals surface area contributed by atoms with Crippen molar-refractivity contribution in [3.63, 3.8) is 0 Å². The van der Waals surface area contributed by atoms with Crippen LogP contribution < -0.4 is 15.8 Å². The normalized spacial score (nSPS) is 15.1. The van der Waals surface area contributed by atoms with E-state index in [1.54, 1.807) is 46.8 Å². The summed E-state index contributed by atoms with van der Waals surface area (Å²) in [4.78, 5) is 63.2. The summed E-state index contributed by atoms with van der Waals surface area (Å²) in [6.07, 6.45) is -1.95. The first kappa shape index (κ1) is 36.6. The zero-order valence-corrected chi connectivity index (χ0v) is 29.2. The number of nitrogens with zero attached hydrogens (tertiary/aromatic N) is 7. The number of fused-ring (bicyclic) bond motifs is 1. The van der Waals surface area contributed by atoms with Crippen LogP contribution in [0.25, 0.3) is 11.4 Å². The number of amides is 3. The Bertz CT molecular complexity index is 2090. The molecule has 6 rings (SSSR count). The highest BCUT2D eigenvalue weighted by molar-refractivity contribution is 6.33. The van der Waals surface area contributed by atoms with Crippen LogP contribution in [-0.2, 0) is 33.5 Å². The fourth-order valence-electron chi connectivity index (χ4n) is 6.28. The molecule has 0 spiro atoms. The molecule has 4 aromatic rings. The van der Waals surface area contributed by atoms with Gasteiger partial charge in [0.2, 0.25) is 17.6 Å². The number of carbonyl (C=O) groups is 3. The molecule has 2 aliphatic rings. The quantitative estimate of drug-likeness (QED) is 0.273. The van der Waals surface area contributed by atoms with Crippen molar-refractivity contribution in [2.24, 2.45) is 0 Å². The lowest BCUT2D eigenvalue weighted by molar-refractivity contribution is -0.137. The number of aromatic nitrogens is 4. The van der Waals surface area contributed by atoms with Gasteiger partial charge in [-0.2, -0.15) is 22.7 Å². The molecule has 0 radical (unpaired) electrons. The molecule has 52 heavy (non-hydrogen) atoms. The van der Waals surface area contributed by atoms with E-state index in [0.717, 1.165) is 28.3 Å². The third kappa shape index (κ3) is 7.67. The minimum atomic E-state index is -4.61. The predicted octanol–water partition coefficient (Wildman–Crippen LogP) is 3.99. The number of alkyl halides is 3. The number of hydrogen-bond donors (Lipinski definition) is 1. The number of ether oxygens (including phenoxy) is 1. The lowest BCUT2D eigenvalue weighted by atomic mass is 10.1. The average molecular weight is 741 g/mol. The summed E-state index contributed by atoms with van der Waals surface area (Å²) in [6, 6.07) is 11.3. The monoisotopic (exact) mass is 740 g/mol. The number of nitrogens with one attached hydrogen (secondary N) is 1. The molecule has 0 atom stereocenters.